The van der Waals surface area contributed by atoms with Crippen LogP contribution in [0.3, 0.4) is 0 Å². The predicted octanol–water partition coefficient (Wildman–Crippen LogP) is 0.277. The molecule has 0 amide bonds. The number of nitrogens with zero attached hydrogens (tertiary/aromatic N) is 6. The highest BCUT2D eigenvalue weighted by Crippen LogP contribution is 2.04. The third-order valence-electron chi connectivity index (χ3n) is 2.35. The van der Waals surface area contributed by atoms with Crippen LogP contribution in [0.4, 0.5) is 0 Å². The second-order valence-electron chi connectivity index (χ2n) is 4.15. The highest BCUT2D eigenvalue weighted by molar-refractivity contribution is 4.87. The minimum Gasteiger partial charge on any atom is -0.303 e. The summed E-state index contributed by atoms with van der Waals surface area (Å²) in [5.74, 6) is 1.71. The average molecular weight is 235 g/mol. The maximum atomic E-state index is 4.22. The number of rotatable bonds is 5. The lowest BCUT2D eigenvalue weighted by molar-refractivity contribution is 0.488. The van der Waals surface area contributed by atoms with Crippen LogP contribution in [0.15, 0.2) is 12.7 Å². The van der Waals surface area contributed by atoms with Crippen molar-refractivity contribution in [3.05, 3.63) is 24.3 Å². The second-order valence-corrected chi connectivity index (χ2v) is 4.15. The van der Waals surface area contributed by atoms with Crippen LogP contribution in [-0.4, -0.2) is 29.5 Å². The largest absolute Gasteiger partial charge is 0.303 e. The van der Waals surface area contributed by atoms with Crippen LogP contribution in [0.1, 0.15) is 31.5 Å². The molecule has 0 saturated carbocycles. The normalized spacial score (nSPS) is 11.3. The highest BCUT2D eigenvalue weighted by atomic mass is 15.4. The van der Waals surface area contributed by atoms with Crippen molar-refractivity contribution in [3.8, 4) is 0 Å². The van der Waals surface area contributed by atoms with Gasteiger partial charge in [-0.2, -0.15) is 10.2 Å². The predicted molar refractivity (Wildman–Crippen MR) is 62.0 cm³/mol. The molecule has 0 atom stereocenters. The molecular weight excluding hydrogens is 218 g/mol. The summed E-state index contributed by atoms with van der Waals surface area (Å²) >= 11 is 0. The van der Waals surface area contributed by atoms with Crippen molar-refractivity contribution in [1.82, 2.24) is 34.8 Å². The Balaban J connectivity index is 1.88. The average Bonchev–Trinajstić information content (AvgIpc) is 2.87. The van der Waals surface area contributed by atoms with E-state index in [4.69, 9.17) is 0 Å². The Kier molecular flexibility index (Phi) is 3.48. The fraction of sp³-hybridized carbons (Fsp3) is 0.600. The minimum absolute atomic E-state index is 0.322. The number of aromatic nitrogens is 6. The van der Waals surface area contributed by atoms with Crippen LogP contribution in [0.5, 0.6) is 0 Å². The summed E-state index contributed by atoms with van der Waals surface area (Å²) in [4.78, 5) is 8.36. The van der Waals surface area contributed by atoms with Crippen LogP contribution < -0.4 is 5.32 Å². The van der Waals surface area contributed by atoms with E-state index in [0.29, 0.717) is 19.1 Å². The molecule has 2 heterocycles. The third-order valence-corrected chi connectivity index (χ3v) is 2.35. The maximum absolute atomic E-state index is 4.22. The molecule has 0 radical (unpaired) electrons. The van der Waals surface area contributed by atoms with E-state index in [1.807, 2.05) is 11.7 Å². The van der Waals surface area contributed by atoms with Gasteiger partial charge in [0.2, 0.25) is 0 Å². The fourth-order valence-corrected chi connectivity index (χ4v) is 1.58. The molecule has 0 bridgehead atoms. The van der Waals surface area contributed by atoms with E-state index >= 15 is 0 Å². The monoisotopic (exact) mass is 235 g/mol. The van der Waals surface area contributed by atoms with Gasteiger partial charge in [-0.3, -0.25) is 4.68 Å². The standard InChI is InChI=1S/C10H17N7/c1-8(2)17-10(12-6-14-17)5-11-4-9-13-7-16(3)15-9/h6-8,11H,4-5H2,1-3H3. The smallest absolute Gasteiger partial charge is 0.164 e. The summed E-state index contributed by atoms with van der Waals surface area (Å²) in [6.07, 6.45) is 3.27. The number of aryl methyl sites for hydroxylation is 1. The summed E-state index contributed by atoms with van der Waals surface area (Å²) in [5.41, 5.74) is 0. The first-order chi connectivity index (χ1) is 8.16. The van der Waals surface area contributed by atoms with Gasteiger partial charge in [-0.1, -0.05) is 0 Å². The van der Waals surface area contributed by atoms with E-state index in [1.165, 1.54) is 0 Å². The van der Waals surface area contributed by atoms with Gasteiger partial charge in [-0.25, -0.2) is 14.6 Å². The van der Waals surface area contributed by atoms with Gasteiger partial charge in [0.15, 0.2) is 5.82 Å². The molecule has 0 aliphatic heterocycles. The lowest BCUT2D eigenvalue weighted by Gasteiger charge is -2.09. The molecule has 0 aromatic carbocycles. The molecule has 2 aromatic heterocycles. The molecule has 7 nitrogen and oxygen atoms in total. The molecule has 92 valence electrons. The fourth-order valence-electron chi connectivity index (χ4n) is 1.58. The van der Waals surface area contributed by atoms with Gasteiger partial charge in [-0.15, -0.1) is 0 Å². The van der Waals surface area contributed by atoms with Crippen LogP contribution >= 0.6 is 0 Å². The topological polar surface area (TPSA) is 73.5 Å². The first kappa shape index (κ1) is 11.7. The number of hydrogen-bond acceptors (Lipinski definition) is 5. The second kappa shape index (κ2) is 5.05. The first-order valence-electron chi connectivity index (χ1n) is 5.60. The van der Waals surface area contributed by atoms with Crippen LogP contribution in [0.2, 0.25) is 0 Å². The van der Waals surface area contributed by atoms with Gasteiger partial charge < -0.3 is 5.32 Å². The zero-order valence-corrected chi connectivity index (χ0v) is 10.3. The lowest BCUT2D eigenvalue weighted by atomic mass is 10.4. The van der Waals surface area contributed by atoms with E-state index in [-0.39, 0.29) is 0 Å². The molecule has 1 N–H and O–H groups in total. The Labute approximate surface area is 99.9 Å². The molecule has 0 aliphatic carbocycles. The van der Waals surface area contributed by atoms with Gasteiger partial charge in [0, 0.05) is 13.1 Å². The van der Waals surface area contributed by atoms with E-state index in [1.54, 1.807) is 17.3 Å². The summed E-state index contributed by atoms with van der Waals surface area (Å²) < 4.78 is 3.59. The summed E-state index contributed by atoms with van der Waals surface area (Å²) in [7, 11) is 1.85. The minimum atomic E-state index is 0.322. The molecule has 17 heavy (non-hydrogen) atoms. The molecule has 0 aliphatic rings. The van der Waals surface area contributed by atoms with Crippen LogP contribution in [0, 0.1) is 0 Å². The Morgan fingerprint density at radius 3 is 2.76 bits per heavy atom. The van der Waals surface area contributed by atoms with Crippen molar-refractivity contribution in [2.24, 2.45) is 7.05 Å². The van der Waals surface area contributed by atoms with Crippen molar-refractivity contribution in [1.29, 1.82) is 0 Å². The molecule has 2 aromatic rings. The van der Waals surface area contributed by atoms with Crippen molar-refractivity contribution in [3.63, 3.8) is 0 Å². The Bertz CT molecular complexity index is 470. The van der Waals surface area contributed by atoms with Crippen molar-refractivity contribution < 1.29 is 0 Å². The Morgan fingerprint density at radius 1 is 1.29 bits per heavy atom. The zero-order valence-electron chi connectivity index (χ0n) is 10.3. The van der Waals surface area contributed by atoms with Gasteiger partial charge in [-0.05, 0) is 13.8 Å². The highest BCUT2D eigenvalue weighted by Gasteiger charge is 2.07. The van der Waals surface area contributed by atoms with Gasteiger partial charge in [0.05, 0.1) is 13.1 Å². The third kappa shape index (κ3) is 2.88. The van der Waals surface area contributed by atoms with Crippen LogP contribution in [-0.2, 0) is 20.1 Å². The molecular formula is C10H17N7. The summed E-state index contributed by atoms with van der Waals surface area (Å²) in [6, 6.07) is 0.322. The van der Waals surface area contributed by atoms with Crippen molar-refractivity contribution >= 4 is 0 Å². The lowest BCUT2D eigenvalue weighted by Crippen LogP contribution is -2.19. The maximum Gasteiger partial charge on any atom is 0.164 e. The molecule has 0 unspecified atom stereocenters. The van der Waals surface area contributed by atoms with E-state index < -0.39 is 0 Å². The summed E-state index contributed by atoms with van der Waals surface area (Å²) in [5, 5.41) is 11.6. The Morgan fingerprint density at radius 2 is 2.12 bits per heavy atom. The number of nitrogens with one attached hydrogen (secondary N) is 1. The Hall–Kier alpha value is -1.76. The van der Waals surface area contributed by atoms with E-state index in [0.717, 1.165) is 11.6 Å². The zero-order chi connectivity index (χ0) is 12.3. The summed E-state index contributed by atoms with van der Waals surface area (Å²) in [6.45, 7) is 5.46. The van der Waals surface area contributed by atoms with Crippen molar-refractivity contribution in [2.45, 2.75) is 33.0 Å². The molecule has 2 rings (SSSR count). The van der Waals surface area contributed by atoms with Gasteiger partial charge in [0.25, 0.3) is 0 Å². The van der Waals surface area contributed by atoms with E-state index in [2.05, 4.69) is 39.3 Å². The first-order valence-corrected chi connectivity index (χ1v) is 5.60. The van der Waals surface area contributed by atoms with Crippen LogP contribution in [0.25, 0.3) is 0 Å². The molecule has 0 fully saturated rings. The SMILES string of the molecule is CC(C)n1ncnc1CNCc1ncn(C)n1. The van der Waals surface area contributed by atoms with E-state index in [9.17, 15) is 0 Å². The van der Waals surface area contributed by atoms with Gasteiger partial charge >= 0.3 is 0 Å². The quantitative estimate of drug-likeness (QED) is 0.805. The van der Waals surface area contributed by atoms with Crippen molar-refractivity contribution in [2.75, 3.05) is 0 Å². The molecule has 7 heteroatoms. The molecule has 0 spiro atoms. The van der Waals surface area contributed by atoms with Gasteiger partial charge in [0.1, 0.15) is 18.5 Å². The number of hydrogen-bond donors (Lipinski definition) is 1. The molecule has 0 saturated heterocycles.